The lowest BCUT2D eigenvalue weighted by Gasteiger charge is -2.20. The van der Waals surface area contributed by atoms with E-state index in [1.165, 1.54) is 10.5 Å². The Kier molecular flexibility index (Phi) is 5.33. The molecule has 2 N–H and O–H groups in total. The number of imidazole rings is 1. The molecule has 0 aliphatic carbocycles. The van der Waals surface area contributed by atoms with E-state index < -0.39 is 10.0 Å². The summed E-state index contributed by atoms with van der Waals surface area (Å²) >= 11 is 0. The van der Waals surface area contributed by atoms with E-state index >= 15 is 0 Å². The van der Waals surface area contributed by atoms with Gasteiger partial charge in [-0.25, -0.2) is 13.4 Å². The van der Waals surface area contributed by atoms with Gasteiger partial charge in [-0.2, -0.15) is 4.31 Å². The summed E-state index contributed by atoms with van der Waals surface area (Å²) in [6.45, 7) is 3.87. The number of aromatic amines is 1. The zero-order valence-electron chi connectivity index (χ0n) is 12.7. The van der Waals surface area contributed by atoms with Crippen LogP contribution >= 0.6 is 0 Å². The first kappa shape index (κ1) is 16.7. The molecule has 1 heterocycles. The van der Waals surface area contributed by atoms with Gasteiger partial charge in [0.1, 0.15) is 5.82 Å². The lowest BCUT2D eigenvalue weighted by molar-refractivity contribution is 0.251. The summed E-state index contributed by atoms with van der Waals surface area (Å²) in [7, 11) is -3.72. The molecular formula is C15H21N3O3S. The van der Waals surface area contributed by atoms with E-state index in [1.807, 2.05) is 44.2 Å². The zero-order valence-corrected chi connectivity index (χ0v) is 13.5. The molecule has 1 aromatic heterocycles. The number of aliphatic hydroxyl groups excluding tert-OH is 1. The van der Waals surface area contributed by atoms with Crippen molar-refractivity contribution < 1.29 is 13.5 Å². The summed E-state index contributed by atoms with van der Waals surface area (Å²) < 4.78 is 26.7. The molecule has 2 rings (SSSR count). The molecule has 0 unspecified atom stereocenters. The van der Waals surface area contributed by atoms with Crippen LogP contribution in [-0.2, 0) is 16.6 Å². The van der Waals surface area contributed by atoms with Crippen LogP contribution in [-0.4, -0.2) is 40.9 Å². The molecule has 120 valence electrons. The van der Waals surface area contributed by atoms with Crippen LogP contribution in [0.1, 0.15) is 31.2 Å². The summed E-state index contributed by atoms with van der Waals surface area (Å²) in [6, 6.07) is 9.29. The number of hydrogen-bond donors (Lipinski definition) is 2. The highest BCUT2D eigenvalue weighted by Gasteiger charge is 2.26. The molecule has 0 amide bonds. The Morgan fingerprint density at radius 2 is 1.95 bits per heavy atom. The maximum Gasteiger partial charge on any atom is 0.260 e. The lowest BCUT2D eigenvalue weighted by atomic mass is 10.2. The van der Waals surface area contributed by atoms with Crippen molar-refractivity contribution >= 4 is 10.0 Å². The minimum Gasteiger partial charge on any atom is -0.395 e. The quantitative estimate of drug-likeness (QED) is 0.812. The van der Waals surface area contributed by atoms with Gasteiger partial charge in [0.15, 0.2) is 5.03 Å². The number of aliphatic hydroxyl groups is 1. The first-order valence-electron chi connectivity index (χ1n) is 7.15. The topological polar surface area (TPSA) is 86.3 Å². The summed E-state index contributed by atoms with van der Waals surface area (Å²) in [5.74, 6) is 0.742. The minimum absolute atomic E-state index is 0.0350. The van der Waals surface area contributed by atoms with E-state index in [-0.39, 0.29) is 30.6 Å². The van der Waals surface area contributed by atoms with Gasteiger partial charge in [0.25, 0.3) is 10.0 Å². The average Bonchev–Trinajstić information content (AvgIpc) is 2.99. The number of aromatic nitrogens is 2. The summed E-state index contributed by atoms with van der Waals surface area (Å²) in [4.78, 5) is 6.96. The van der Waals surface area contributed by atoms with Gasteiger partial charge in [-0.3, -0.25) is 0 Å². The van der Waals surface area contributed by atoms with Crippen molar-refractivity contribution in [1.29, 1.82) is 0 Å². The van der Waals surface area contributed by atoms with Gasteiger partial charge in [-0.05, 0) is 5.56 Å². The van der Waals surface area contributed by atoms with Crippen molar-refractivity contribution in [3.8, 4) is 0 Å². The van der Waals surface area contributed by atoms with Crippen LogP contribution in [0.2, 0.25) is 0 Å². The van der Waals surface area contributed by atoms with Crippen LogP contribution in [0.5, 0.6) is 0 Å². The Hall–Kier alpha value is -1.70. The molecule has 0 bridgehead atoms. The normalized spacial score (nSPS) is 12.2. The van der Waals surface area contributed by atoms with Gasteiger partial charge in [0.2, 0.25) is 0 Å². The Bertz CT molecular complexity index is 696. The zero-order chi connectivity index (χ0) is 16.2. The van der Waals surface area contributed by atoms with E-state index in [9.17, 15) is 13.5 Å². The van der Waals surface area contributed by atoms with Gasteiger partial charge >= 0.3 is 0 Å². The largest absolute Gasteiger partial charge is 0.395 e. The molecule has 6 nitrogen and oxygen atoms in total. The van der Waals surface area contributed by atoms with Gasteiger partial charge < -0.3 is 10.1 Å². The van der Waals surface area contributed by atoms with E-state index in [0.29, 0.717) is 5.82 Å². The van der Waals surface area contributed by atoms with Crippen molar-refractivity contribution in [2.24, 2.45) is 0 Å². The molecule has 1 aromatic carbocycles. The first-order valence-corrected chi connectivity index (χ1v) is 8.59. The highest BCUT2D eigenvalue weighted by Crippen LogP contribution is 2.19. The summed E-state index contributed by atoms with van der Waals surface area (Å²) in [6.07, 6.45) is 1.33. The predicted molar refractivity (Wildman–Crippen MR) is 83.8 cm³/mol. The second kappa shape index (κ2) is 7.04. The minimum atomic E-state index is -3.72. The fourth-order valence-electron chi connectivity index (χ4n) is 2.07. The van der Waals surface area contributed by atoms with E-state index in [0.717, 1.165) is 5.56 Å². The Morgan fingerprint density at radius 3 is 2.50 bits per heavy atom. The second-order valence-electron chi connectivity index (χ2n) is 5.34. The maximum absolute atomic E-state index is 12.7. The third-order valence-corrected chi connectivity index (χ3v) is 5.04. The van der Waals surface area contributed by atoms with Crippen LogP contribution in [0, 0.1) is 0 Å². The third-order valence-electron chi connectivity index (χ3n) is 3.29. The van der Waals surface area contributed by atoms with Crippen LogP contribution in [0.3, 0.4) is 0 Å². The van der Waals surface area contributed by atoms with Crippen LogP contribution in [0.4, 0.5) is 0 Å². The summed E-state index contributed by atoms with van der Waals surface area (Å²) in [5.41, 5.74) is 0.864. The second-order valence-corrected chi connectivity index (χ2v) is 7.24. The Balaban J connectivity index is 2.28. The van der Waals surface area contributed by atoms with Crippen LogP contribution in [0.25, 0.3) is 0 Å². The van der Waals surface area contributed by atoms with Crippen molar-refractivity contribution in [2.45, 2.75) is 31.3 Å². The number of sulfonamides is 1. The number of H-pyrrole nitrogens is 1. The molecule has 0 fully saturated rings. The molecule has 7 heteroatoms. The molecule has 0 saturated heterocycles. The standard InChI is InChI=1S/C15H21N3O3S/c1-12(2)15-16-10-14(17-15)22(20,21)18(8-9-19)11-13-6-4-3-5-7-13/h3-7,10,12,19H,8-9,11H2,1-2H3,(H,16,17). The van der Waals surface area contributed by atoms with Crippen molar-refractivity contribution in [3.05, 3.63) is 47.9 Å². The molecule has 0 aliphatic rings. The van der Waals surface area contributed by atoms with E-state index in [1.54, 1.807) is 0 Å². The van der Waals surface area contributed by atoms with Crippen molar-refractivity contribution in [2.75, 3.05) is 13.2 Å². The number of nitrogens with zero attached hydrogens (tertiary/aromatic N) is 2. The molecular weight excluding hydrogens is 302 g/mol. The maximum atomic E-state index is 12.7. The lowest BCUT2D eigenvalue weighted by Crippen LogP contribution is -2.33. The van der Waals surface area contributed by atoms with Gasteiger partial charge in [0, 0.05) is 19.0 Å². The molecule has 0 aliphatic heterocycles. The SMILES string of the molecule is CC(C)c1ncc(S(=O)(=O)N(CCO)Cc2ccccc2)[nH]1. The smallest absolute Gasteiger partial charge is 0.260 e. The molecule has 0 spiro atoms. The monoisotopic (exact) mass is 323 g/mol. The molecule has 2 aromatic rings. The van der Waals surface area contributed by atoms with Gasteiger partial charge in [-0.1, -0.05) is 44.2 Å². The van der Waals surface area contributed by atoms with Gasteiger partial charge in [-0.15, -0.1) is 0 Å². The van der Waals surface area contributed by atoms with E-state index in [2.05, 4.69) is 9.97 Å². The highest BCUT2D eigenvalue weighted by atomic mass is 32.2. The van der Waals surface area contributed by atoms with Crippen LogP contribution in [0.15, 0.2) is 41.6 Å². The van der Waals surface area contributed by atoms with Crippen molar-refractivity contribution in [1.82, 2.24) is 14.3 Å². The van der Waals surface area contributed by atoms with Crippen LogP contribution < -0.4 is 0 Å². The van der Waals surface area contributed by atoms with Gasteiger partial charge in [0.05, 0.1) is 12.8 Å². The Morgan fingerprint density at radius 1 is 1.27 bits per heavy atom. The molecule has 22 heavy (non-hydrogen) atoms. The van der Waals surface area contributed by atoms with Crippen molar-refractivity contribution in [3.63, 3.8) is 0 Å². The van der Waals surface area contributed by atoms with E-state index in [4.69, 9.17) is 0 Å². The Labute approximate surface area is 130 Å². The fraction of sp³-hybridized carbons (Fsp3) is 0.400. The highest BCUT2D eigenvalue weighted by molar-refractivity contribution is 7.89. The number of nitrogens with one attached hydrogen (secondary N) is 1. The first-order chi connectivity index (χ1) is 10.4. The molecule has 0 saturated carbocycles. The predicted octanol–water partition coefficient (Wildman–Crippen LogP) is 1.72. The molecule has 0 radical (unpaired) electrons. The molecule has 0 atom stereocenters. The number of hydrogen-bond acceptors (Lipinski definition) is 4. The summed E-state index contributed by atoms with van der Waals surface area (Å²) in [5, 5.41) is 9.24. The number of benzene rings is 1. The third kappa shape index (κ3) is 3.73. The fourth-order valence-corrected chi connectivity index (χ4v) is 3.40. The number of rotatable bonds is 7. The average molecular weight is 323 g/mol.